The Bertz CT molecular complexity index is 840. The van der Waals surface area contributed by atoms with Gasteiger partial charge in [-0.1, -0.05) is 37.6 Å². The van der Waals surface area contributed by atoms with Crippen LogP contribution in [0, 0.1) is 17.2 Å². The van der Waals surface area contributed by atoms with E-state index in [0.29, 0.717) is 11.5 Å². The minimum absolute atomic E-state index is 0.163. The van der Waals surface area contributed by atoms with E-state index >= 15 is 0 Å². The number of nitrogens with zero attached hydrogens (tertiary/aromatic N) is 2. The molecule has 0 heterocycles. The number of nitriles is 1. The minimum Gasteiger partial charge on any atom is -0.497 e. The van der Waals surface area contributed by atoms with Crippen molar-refractivity contribution in [2.45, 2.75) is 38.5 Å². The molecule has 0 amide bonds. The first-order valence-corrected chi connectivity index (χ1v) is 10.8. The molecule has 5 heteroatoms. The SMILES string of the molecule is COc1cc(OC)cc(C(C#N)(CCCN(C)CCc2cccc(Cl)c2)C(C)C)c1. The van der Waals surface area contributed by atoms with Crippen molar-refractivity contribution >= 4 is 11.6 Å². The second kappa shape index (κ2) is 11.2. The lowest BCUT2D eigenvalue weighted by molar-refractivity contribution is 0.292. The molecule has 0 radical (unpaired) electrons. The van der Waals surface area contributed by atoms with Crippen LogP contribution in [0.25, 0.3) is 0 Å². The summed E-state index contributed by atoms with van der Waals surface area (Å²) in [6.07, 6.45) is 2.66. The van der Waals surface area contributed by atoms with Crippen LogP contribution < -0.4 is 9.47 Å². The molecule has 0 aromatic heterocycles. The predicted octanol–water partition coefficient (Wildman–Crippen LogP) is 5.73. The molecule has 0 bridgehead atoms. The molecule has 0 aliphatic carbocycles. The maximum absolute atomic E-state index is 10.2. The number of ether oxygens (including phenoxy) is 2. The molecule has 1 atom stereocenters. The maximum atomic E-state index is 10.2. The van der Waals surface area contributed by atoms with Crippen molar-refractivity contribution in [3.05, 3.63) is 58.6 Å². The van der Waals surface area contributed by atoms with Gasteiger partial charge in [0.25, 0.3) is 0 Å². The van der Waals surface area contributed by atoms with Gasteiger partial charge < -0.3 is 14.4 Å². The van der Waals surface area contributed by atoms with E-state index in [2.05, 4.69) is 37.9 Å². The van der Waals surface area contributed by atoms with Crippen LogP contribution in [0.2, 0.25) is 5.02 Å². The summed E-state index contributed by atoms with van der Waals surface area (Å²) in [7, 11) is 5.40. The van der Waals surface area contributed by atoms with Crippen LogP contribution in [0.4, 0.5) is 0 Å². The number of rotatable bonds is 11. The van der Waals surface area contributed by atoms with E-state index < -0.39 is 5.41 Å². The average molecular weight is 429 g/mol. The fourth-order valence-electron chi connectivity index (χ4n) is 3.83. The molecule has 4 nitrogen and oxygen atoms in total. The molecule has 0 N–H and O–H groups in total. The summed E-state index contributed by atoms with van der Waals surface area (Å²) in [6, 6.07) is 16.4. The van der Waals surface area contributed by atoms with Gasteiger partial charge in [0, 0.05) is 17.6 Å². The molecule has 2 aromatic carbocycles. The van der Waals surface area contributed by atoms with Crippen LogP contribution in [-0.4, -0.2) is 39.3 Å². The quantitative estimate of drug-likeness (QED) is 0.458. The van der Waals surface area contributed by atoms with Gasteiger partial charge in [0.2, 0.25) is 0 Å². The Labute approximate surface area is 186 Å². The molecular formula is C25H33ClN2O2. The third-order valence-electron chi connectivity index (χ3n) is 5.83. The number of methoxy groups -OCH3 is 2. The van der Waals surface area contributed by atoms with Gasteiger partial charge in [-0.3, -0.25) is 0 Å². The van der Waals surface area contributed by atoms with Crippen LogP contribution >= 0.6 is 11.6 Å². The minimum atomic E-state index is -0.588. The van der Waals surface area contributed by atoms with Crippen LogP contribution in [0.15, 0.2) is 42.5 Å². The van der Waals surface area contributed by atoms with E-state index in [4.69, 9.17) is 21.1 Å². The molecule has 0 aliphatic heterocycles. The van der Waals surface area contributed by atoms with Gasteiger partial charge in [-0.25, -0.2) is 0 Å². The molecule has 0 spiro atoms. The second-order valence-electron chi connectivity index (χ2n) is 8.13. The standard InChI is InChI=1S/C25H33ClN2O2/c1-19(2)25(18-27,21-15-23(29-4)17-24(16-21)30-5)11-7-12-28(3)13-10-20-8-6-9-22(26)14-20/h6,8-9,14-17,19H,7,10-13H2,1-5H3. The molecule has 0 saturated carbocycles. The van der Waals surface area contributed by atoms with Crippen LogP contribution in [-0.2, 0) is 11.8 Å². The average Bonchev–Trinajstić information content (AvgIpc) is 2.74. The highest BCUT2D eigenvalue weighted by molar-refractivity contribution is 6.30. The Morgan fingerprint density at radius 1 is 1.07 bits per heavy atom. The van der Waals surface area contributed by atoms with Crippen molar-refractivity contribution in [2.75, 3.05) is 34.4 Å². The van der Waals surface area contributed by atoms with Gasteiger partial charge in [0.1, 0.15) is 11.5 Å². The van der Waals surface area contributed by atoms with E-state index in [-0.39, 0.29) is 5.92 Å². The summed E-state index contributed by atoms with van der Waals surface area (Å²) in [5.74, 6) is 1.59. The van der Waals surface area contributed by atoms with E-state index in [1.54, 1.807) is 14.2 Å². The Morgan fingerprint density at radius 2 is 1.73 bits per heavy atom. The summed E-state index contributed by atoms with van der Waals surface area (Å²) < 4.78 is 10.9. The number of hydrogen-bond acceptors (Lipinski definition) is 4. The lowest BCUT2D eigenvalue weighted by Crippen LogP contribution is -2.32. The fraction of sp³-hybridized carbons (Fsp3) is 0.480. The molecule has 1 unspecified atom stereocenters. The molecule has 2 rings (SSSR count). The summed E-state index contributed by atoms with van der Waals surface area (Å²) in [5.41, 5.74) is 1.61. The van der Waals surface area contributed by atoms with Gasteiger partial charge in [0.15, 0.2) is 0 Å². The summed E-state index contributed by atoms with van der Waals surface area (Å²) >= 11 is 6.08. The molecule has 0 aliphatic rings. The predicted molar refractivity (Wildman–Crippen MR) is 124 cm³/mol. The number of hydrogen-bond donors (Lipinski definition) is 0. The number of likely N-dealkylation sites (N-methyl/N-ethyl adjacent to an activating group) is 1. The summed E-state index contributed by atoms with van der Waals surface area (Å²) in [4.78, 5) is 2.32. The van der Waals surface area contributed by atoms with Crippen LogP contribution in [0.1, 0.15) is 37.8 Å². The first-order valence-electron chi connectivity index (χ1n) is 10.4. The largest absolute Gasteiger partial charge is 0.497 e. The summed E-state index contributed by atoms with van der Waals surface area (Å²) in [5, 5.41) is 11.0. The highest BCUT2D eigenvalue weighted by atomic mass is 35.5. The Hall–Kier alpha value is -2.22. The van der Waals surface area contributed by atoms with Crippen molar-refractivity contribution in [3.63, 3.8) is 0 Å². The Kier molecular flexibility index (Phi) is 9.02. The van der Waals surface area contributed by atoms with Crippen LogP contribution in [0.5, 0.6) is 11.5 Å². The third kappa shape index (κ3) is 6.14. The van der Waals surface area contributed by atoms with Gasteiger partial charge in [-0.05, 0) is 74.2 Å². The van der Waals surface area contributed by atoms with Crippen LogP contribution in [0.3, 0.4) is 0 Å². The fourth-order valence-corrected chi connectivity index (χ4v) is 4.05. The lowest BCUT2D eigenvalue weighted by atomic mass is 9.69. The smallest absolute Gasteiger partial charge is 0.122 e. The number of benzene rings is 2. The molecular weight excluding hydrogens is 396 g/mol. The van der Waals surface area contributed by atoms with Gasteiger partial charge in [-0.2, -0.15) is 5.26 Å². The molecule has 2 aromatic rings. The van der Waals surface area contributed by atoms with E-state index in [1.807, 2.05) is 36.4 Å². The first-order chi connectivity index (χ1) is 14.3. The monoisotopic (exact) mass is 428 g/mol. The molecule has 30 heavy (non-hydrogen) atoms. The zero-order chi connectivity index (χ0) is 22.1. The number of halogens is 1. The maximum Gasteiger partial charge on any atom is 0.122 e. The van der Waals surface area contributed by atoms with Crippen molar-refractivity contribution in [1.29, 1.82) is 5.26 Å². The Morgan fingerprint density at radius 3 is 2.27 bits per heavy atom. The van der Waals surface area contributed by atoms with Gasteiger partial charge in [0.05, 0.1) is 25.7 Å². The van der Waals surface area contributed by atoms with Crippen molar-refractivity contribution in [1.82, 2.24) is 4.90 Å². The zero-order valence-corrected chi connectivity index (χ0v) is 19.5. The van der Waals surface area contributed by atoms with E-state index in [1.165, 1.54) is 5.56 Å². The molecule has 162 valence electrons. The second-order valence-corrected chi connectivity index (χ2v) is 8.56. The van der Waals surface area contributed by atoms with Crippen molar-refractivity contribution in [2.24, 2.45) is 5.92 Å². The highest BCUT2D eigenvalue weighted by Crippen LogP contribution is 2.40. The molecule has 0 fully saturated rings. The zero-order valence-electron chi connectivity index (χ0n) is 18.7. The van der Waals surface area contributed by atoms with Crippen molar-refractivity contribution < 1.29 is 9.47 Å². The first kappa shape index (κ1) is 24.1. The topological polar surface area (TPSA) is 45.5 Å². The third-order valence-corrected chi connectivity index (χ3v) is 6.07. The Balaban J connectivity index is 2.05. The van der Waals surface area contributed by atoms with E-state index in [0.717, 1.165) is 42.9 Å². The van der Waals surface area contributed by atoms with Gasteiger partial charge >= 0.3 is 0 Å². The normalized spacial score (nSPS) is 13.2. The van der Waals surface area contributed by atoms with Gasteiger partial charge in [-0.15, -0.1) is 0 Å². The van der Waals surface area contributed by atoms with Crippen molar-refractivity contribution in [3.8, 4) is 17.6 Å². The molecule has 0 saturated heterocycles. The van der Waals surface area contributed by atoms with E-state index in [9.17, 15) is 5.26 Å². The summed E-state index contributed by atoms with van der Waals surface area (Å²) in [6.45, 7) is 6.10. The highest BCUT2D eigenvalue weighted by Gasteiger charge is 2.36. The lowest BCUT2D eigenvalue weighted by Gasteiger charge is -2.32.